The molecule has 0 atom stereocenters. The van der Waals surface area contributed by atoms with Crippen molar-refractivity contribution in [1.82, 2.24) is 6.15 Å². The number of carboxylic acid groups (broad SMARTS) is 2. The molecule has 52 valence electrons. The first-order valence-corrected chi connectivity index (χ1v) is 1.73. The van der Waals surface area contributed by atoms with Crippen LogP contribution in [0.15, 0.2) is 12.2 Å². The number of carbonyl (C=O) groups is 2. The number of quaternary nitrogens is 1. The second-order valence-electron chi connectivity index (χ2n) is 0.971. The van der Waals surface area contributed by atoms with Crippen molar-refractivity contribution in [1.29, 1.82) is 0 Å². The summed E-state index contributed by atoms with van der Waals surface area (Å²) in [5, 5.41) is 18.8. The Morgan fingerprint density at radius 2 is 1.20 bits per heavy atom. The summed E-state index contributed by atoms with van der Waals surface area (Å²) in [7, 11) is 0. The predicted octanol–water partition coefficient (Wildman–Crippen LogP) is -5.58. The van der Waals surface area contributed by atoms with Crippen molar-refractivity contribution < 1.29 is 71.2 Å². The monoisotopic (exact) mass is 171 g/mol. The average Bonchev–Trinajstić information content (AvgIpc) is 1.61. The molecule has 0 aromatic rings. The zero-order valence-corrected chi connectivity index (χ0v) is 8.91. The van der Waals surface area contributed by atoms with Crippen LogP contribution in [0.2, 0.25) is 0 Å². The maximum atomic E-state index is 9.41. The molecule has 0 unspecified atom stereocenters. The van der Waals surface area contributed by atoms with Crippen LogP contribution >= 0.6 is 0 Å². The first kappa shape index (κ1) is 16.7. The Balaban J connectivity index is -0.000000245. The third-order valence-corrected chi connectivity index (χ3v) is 0.355. The summed E-state index contributed by atoms with van der Waals surface area (Å²) in [6.07, 6.45) is 0.769. The Labute approximate surface area is 100 Å². The summed E-state index contributed by atoms with van der Waals surface area (Å²) in [6.45, 7) is 0. The van der Waals surface area contributed by atoms with Gasteiger partial charge in [0.05, 0.1) is 11.9 Å². The minimum Gasteiger partial charge on any atom is -0.545 e. The third kappa shape index (κ3) is 15.7. The molecule has 0 amide bonds. The molecule has 0 radical (unpaired) electrons. The van der Waals surface area contributed by atoms with Crippen LogP contribution in [0.3, 0.4) is 0 Å². The number of carboxylic acids is 2. The summed E-state index contributed by atoms with van der Waals surface area (Å²) in [5.74, 6) is -3.09. The van der Waals surface area contributed by atoms with Gasteiger partial charge in [0.25, 0.3) is 0 Å². The normalized spacial score (nSPS) is 7.60. The Hall–Kier alpha value is 0.276. The van der Waals surface area contributed by atoms with Crippen LogP contribution in [0.1, 0.15) is 0 Å². The van der Waals surface area contributed by atoms with E-state index < -0.39 is 11.9 Å². The molecule has 0 saturated carbocycles. The Morgan fingerprint density at radius 3 is 1.30 bits per heavy atom. The summed E-state index contributed by atoms with van der Waals surface area (Å²) in [5.41, 5.74) is 0. The van der Waals surface area contributed by atoms with Crippen molar-refractivity contribution in [3.05, 3.63) is 12.2 Å². The molecule has 0 aromatic carbocycles. The van der Waals surface area contributed by atoms with Crippen molar-refractivity contribution in [3.8, 4) is 0 Å². The fourth-order valence-electron chi connectivity index (χ4n) is 0.136. The van der Waals surface area contributed by atoms with Crippen LogP contribution in [-0.2, 0) is 9.59 Å². The van der Waals surface area contributed by atoms with Gasteiger partial charge in [0.1, 0.15) is 0 Å². The molecular weight excluding hydrogens is 165 g/mol. The minimum absolute atomic E-state index is 0. The van der Waals surface area contributed by atoms with Crippen LogP contribution in [0, 0.1) is 0 Å². The van der Waals surface area contributed by atoms with E-state index in [0.717, 1.165) is 0 Å². The molecule has 0 saturated heterocycles. The molecule has 0 spiro atoms. The van der Waals surface area contributed by atoms with Gasteiger partial charge < -0.3 is 26.0 Å². The van der Waals surface area contributed by atoms with Gasteiger partial charge in [-0.3, -0.25) is 0 Å². The molecule has 6 heteroatoms. The fraction of sp³-hybridized carbons (Fsp3) is 0. The van der Waals surface area contributed by atoms with E-state index in [1.165, 1.54) is 0 Å². The van der Waals surface area contributed by atoms with Gasteiger partial charge >= 0.3 is 51.4 Å². The molecule has 0 aromatic heterocycles. The summed E-state index contributed by atoms with van der Waals surface area (Å²) >= 11 is 0. The maximum Gasteiger partial charge on any atom is 1.00 e. The van der Waals surface area contributed by atoms with Crippen LogP contribution in [0.25, 0.3) is 0 Å². The van der Waals surface area contributed by atoms with E-state index in [2.05, 4.69) is 0 Å². The smallest absolute Gasteiger partial charge is 0.545 e. The van der Waals surface area contributed by atoms with Crippen LogP contribution < -0.4 is 67.7 Å². The Bertz CT molecular complexity index is 128. The van der Waals surface area contributed by atoms with Gasteiger partial charge in [0.2, 0.25) is 0 Å². The molecule has 0 aliphatic heterocycles. The zero-order chi connectivity index (χ0) is 6.57. The van der Waals surface area contributed by atoms with Gasteiger partial charge in [-0.25, -0.2) is 0 Å². The zero-order valence-electron chi connectivity index (χ0n) is 5.79. The van der Waals surface area contributed by atoms with Crippen molar-refractivity contribution in [2.45, 2.75) is 0 Å². The Morgan fingerprint density at radius 1 is 1.00 bits per heavy atom. The van der Waals surface area contributed by atoms with Crippen LogP contribution in [-0.4, -0.2) is 11.9 Å². The maximum absolute atomic E-state index is 9.41. The average molecular weight is 171 g/mol. The number of carbonyl (C=O) groups excluding carboxylic acids is 2. The molecule has 0 aliphatic rings. The van der Waals surface area contributed by atoms with Gasteiger partial charge in [0.15, 0.2) is 0 Å². The molecule has 5 nitrogen and oxygen atoms in total. The van der Waals surface area contributed by atoms with Gasteiger partial charge in [0, 0.05) is 0 Å². The topological polar surface area (TPSA) is 117 Å². The number of aliphatic carboxylic acids is 2. The number of hydrogen-bond donors (Lipinski definition) is 1. The Kier molecular flexibility index (Phi) is 15.5. The standard InChI is InChI=1S/C4H4O4.K.H3N/c5-3(6)1-2-4(7)8;;/h1-2H,(H,5,6)(H,7,8);;1H3/q;+1;/p-1/b2-1+;;. The van der Waals surface area contributed by atoms with E-state index in [9.17, 15) is 19.8 Å². The summed E-state index contributed by atoms with van der Waals surface area (Å²) in [4.78, 5) is 18.8. The molecule has 0 bridgehead atoms. The first-order chi connectivity index (χ1) is 3.63. The largest absolute Gasteiger partial charge is 1.00 e. The summed E-state index contributed by atoms with van der Waals surface area (Å²) in [6, 6.07) is 0. The van der Waals surface area contributed by atoms with Crippen molar-refractivity contribution in [2.24, 2.45) is 0 Å². The van der Waals surface area contributed by atoms with Crippen molar-refractivity contribution in [2.75, 3.05) is 0 Å². The van der Waals surface area contributed by atoms with Crippen molar-refractivity contribution >= 4 is 11.9 Å². The molecule has 0 fully saturated rings. The number of rotatable bonds is 2. The van der Waals surface area contributed by atoms with E-state index in [1.807, 2.05) is 0 Å². The first-order valence-electron chi connectivity index (χ1n) is 1.73. The van der Waals surface area contributed by atoms with E-state index in [1.54, 1.807) is 0 Å². The predicted molar refractivity (Wildman–Crippen MR) is 25.1 cm³/mol. The van der Waals surface area contributed by atoms with E-state index >= 15 is 0 Å². The second-order valence-corrected chi connectivity index (χ2v) is 0.971. The van der Waals surface area contributed by atoms with Crippen LogP contribution in [0.5, 0.6) is 0 Å². The van der Waals surface area contributed by atoms with E-state index in [4.69, 9.17) is 0 Å². The third-order valence-electron chi connectivity index (χ3n) is 0.355. The molecule has 4 N–H and O–H groups in total. The molecule has 0 heterocycles. The van der Waals surface area contributed by atoms with Crippen LogP contribution in [0.4, 0.5) is 0 Å². The quantitative estimate of drug-likeness (QED) is 0.329. The van der Waals surface area contributed by atoms with E-state index in [0.29, 0.717) is 12.2 Å². The fourth-order valence-corrected chi connectivity index (χ4v) is 0.136. The molecular formula is C4H6KNO4. The van der Waals surface area contributed by atoms with Crippen molar-refractivity contribution in [3.63, 3.8) is 0 Å². The molecule has 0 aliphatic carbocycles. The number of hydrogen-bond acceptors (Lipinski definition) is 4. The molecule has 0 rings (SSSR count). The SMILES string of the molecule is O=C([O-])/C=C/C(=O)[O-].[K+].[NH4+]. The van der Waals surface area contributed by atoms with Gasteiger partial charge in [-0.1, -0.05) is 0 Å². The van der Waals surface area contributed by atoms with Gasteiger partial charge in [-0.2, -0.15) is 0 Å². The second kappa shape index (κ2) is 9.28. The molecule has 10 heavy (non-hydrogen) atoms. The minimum atomic E-state index is -1.55. The van der Waals surface area contributed by atoms with E-state index in [-0.39, 0.29) is 57.5 Å². The van der Waals surface area contributed by atoms with Gasteiger partial charge in [-0.05, 0) is 12.2 Å². The van der Waals surface area contributed by atoms with Gasteiger partial charge in [-0.15, -0.1) is 0 Å². The summed E-state index contributed by atoms with van der Waals surface area (Å²) < 4.78 is 0.